The Morgan fingerprint density at radius 2 is 2.00 bits per heavy atom. The molecule has 0 aromatic heterocycles. The molecule has 0 rings (SSSR count). The summed E-state index contributed by atoms with van der Waals surface area (Å²) in [6.45, 7) is 4.28. The molecule has 0 fully saturated rings. The van der Waals surface area contributed by atoms with Crippen LogP contribution in [0.25, 0.3) is 0 Å². The second-order valence-corrected chi connectivity index (χ2v) is 1.71. The summed E-state index contributed by atoms with van der Waals surface area (Å²) in [7, 11) is 0. The Kier molecular flexibility index (Phi) is 13.1. The molecular weight excluding hydrogens is 100 g/mol. The molecule has 0 atom stereocenters. The van der Waals surface area contributed by atoms with Crippen LogP contribution in [0.5, 0.6) is 0 Å². The van der Waals surface area contributed by atoms with Crippen molar-refractivity contribution in [3.05, 3.63) is 12.2 Å². The van der Waals surface area contributed by atoms with Crippen molar-refractivity contribution in [3.63, 3.8) is 0 Å². The van der Waals surface area contributed by atoms with E-state index >= 15 is 0 Å². The second kappa shape index (κ2) is 9.85. The molecule has 0 spiro atoms. The van der Waals surface area contributed by atoms with Gasteiger partial charge in [-0.15, -0.1) is 0 Å². The first-order valence-corrected chi connectivity index (χ1v) is 3.03. The minimum absolute atomic E-state index is 0. The van der Waals surface area contributed by atoms with E-state index in [2.05, 4.69) is 26.0 Å². The van der Waals surface area contributed by atoms with Crippen molar-refractivity contribution in [2.75, 3.05) is 0 Å². The first-order chi connectivity index (χ1) is 3.41. The fraction of sp³-hybridized carbons (Fsp3) is 0.714. The van der Waals surface area contributed by atoms with Crippen LogP contribution in [-0.2, 0) is 0 Å². The van der Waals surface area contributed by atoms with E-state index in [0.29, 0.717) is 0 Å². The van der Waals surface area contributed by atoms with Crippen LogP contribution in [0.1, 0.15) is 33.1 Å². The molecule has 0 heterocycles. The maximum absolute atomic E-state index is 2.21. The molecule has 0 aliphatic heterocycles. The van der Waals surface area contributed by atoms with Crippen molar-refractivity contribution in [2.45, 2.75) is 33.1 Å². The van der Waals surface area contributed by atoms with Crippen LogP contribution in [0.3, 0.4) is 0 Å². The van der Waals surface area contributed by atoms with Gasteiger partial charge in [0.05, 0.1) is 0 Å². The van der Waals surface area contributed by atoms with Crippen molar-refractivity contribution in [2.24, 2.45) is 0 Å². The van der Waals surface area contributed by atoms with Gasteiger partial charge in [0, 0.05) is 0 Å². The van der Waals surface area contributed by atoms with Gasteiger partial charge in [-0.25, -0.2) is 0 Å². The predicted molar refractivity (Wildman–Crippen MR) is 38.0 cm³/mol. The van der Waals surface area contributed by atoms with Crippen molar-refractivity contribution >= 4 is 0 Å². The number of rotatable bonds is 3. The van der Waals surface area contributed by atoms with Crippen LogP contribution < -0.4 is 0 Å². The third-order valence-corrected chi connectivity index (χ3v) is 0.960. The summed E-state index contributed by atoms with van der Waals surface area (Å²) in [6.07, 6.45) is 8.22. The summed E-state index contributed by atoms with van der Waals surface area (Å²) in [4.78, 5) is 0. The highest BCUT2D eigenvalue weighted by atomic mass is 16.0. The number of hydrogen-bond acceptors (Lipinski definition) is 0. The minimum atomic E-state index is 0. The molecule has 0 radical (unpaired) electrons. The maximum Gasteiger partial charge on any atom is -0.0351 e. The smallest absolute Gasteiger partial charge is 0.0351 e. The molecule has 0 amide bonds. The van der Waals surface area contributed by atoms with Gasteiger partial charge in [-0.1, -0.05) is 31.9 Å². The summed E-state index contributed by atoms with van der Waals surface area (Å²) in [5.74, 6) is 0. The van der Waals surface area contributed by atoms with Crippen LogP contribution in [0.4, 0.5) is 0 Å². The molecule has 0 unspecified atom stereocenters. The Labute approximate surface area is 51.7 Å². The molecule has 0 saturated heterocycles. The molecule has 0 bridgehead atoms. The summed E-state index contributed by atoms with van der Waals surface area (Å²) in [6, 6.07) is 0. The SMILES string of the molecule is CC=CCCCC.O. The summed E-state index contributed by atoms with van der Waals surface area (Å²) in [5, 5.41) is 0. The fourth-order valence-corrected chi connectivity index (χ4v) is 0.489. The lowest BCUT2D eigenvalue weighted by molar-refractivity contribution is 0.814. The van der Waals surface area contributed by atoms with E-state index in [1.54, 1.807) is 0 Å². The van der Waals surface area contributed by atoms with Crippen LogP contribution in [0, 0.1) is 0 Å². The molecule has 1 heteroatoms. The summed E-state index contributed by atoms with van der Waals surface area (Å²) in [5.41, 5.74) is 0. The monoisotopic (exact) mass is 116 g/mol. The molecule has 8 heavy (non-hydrogen) atoms. The van der Waals surface area contributed by atoms with Crippen molar-refractivity contribution in [1.82, 2.24) is 0 Å². The summed E-state index contributed by atoms with van der Waals surface area (Å²) < 4.78 is 0. The van der Waals surface area contributed by atoms with E-state index in [4.69, 9.17) is 0 Å². The summed E-state index contributed by atoms with van der Waals surface area (Å²) >= 11 is 0. The highest BCUT2D eigenvalue weighted by molar-refractivity contribution is 4.75. The molecule has 0 aromatic carbocycles. The maximum atomic E-state index is 2.21. The largest absolute Gasteiger partial charge is 0.412 e. The number of allylic oxidation sites excluding steroid dienone is 2. The zero-order valence-corrected chi connectivity index (χ0v) is 5.78. The molecule has 0 aliphatic carbocycles. The molecule has 2 N–H and O–H groups in total. The van der Waals surface area contributed by atoms with Crippen LogP contribution in [-0.4, -0.2) is 5.48 Å². The van der Waals surface area contributed by atoms with Gasteiger partial charge in [0.25, 0.3) is 0 Å². The quantitative estimate of drug-likeness (QED) is 0.398. The molecule has 0 aliphatic rings. The van der Waals surface area contributed by atoms with E-state index in [1.807, 2.05) is 0 Å². The predicted octanol–water partition coefficient (Wildman–Crippen LogP) is 1.93. The Morgan fingerprint density at radius 3 is 2.38 bits per heavy atom. The van der Waals surface area contributed by atoms with Gasteiger partial charge < -0.3 is 5.48 Å². The average molecular weight is 116 g/mol. The standard InChI is InChI=1S/C7H14.H2O/c1-3-5-7-6-4-2;/h3,5H,4,6-7H2,1-2H3;1H2. The molecule has 1 nitrogen and oxygen atoms in total. The van der Waals surface area contributed by atoms with Gasteiger partial charge in [0.15, 0.2) is 0 Å². The van der Waals surface area contributed by atoms with Crippen molar-refractivity contribution in [1.29, 1.82) is 0 Å². The average Bonchev–Trinajstić information content (AvgIpc) is 1.69. The zero-order valence-electron chi connectivity index (χ0n) is 5.78. The van der Waals surface area contributed by atoms with Crippen molar-refractivity contribution in [3.8, 4) is 0 Å². The topological polar surface area (TPSA) is 31.5 Å². The van der Waals surface area contributed by atoms with Gasteiger partial charge in [0.2, 0.25) is 0 Å². The lowest BCUT2D eigenvalue weighted by Gasteiger charge is -1.83. The van der Waals surface area contributed by atoms with Crippen LogP contribution >= 0.6 is 0 Å². The second-order valence-electron chi connectivity index (χ2n) is 1.71. The van der Waals surface area contributed by atoms with E-state index < -0.39 is 0 Å². The van der Waals surface area contributed by atoms with Gasteiger partial charge in [-0.05, 0) is 13.3 Å². The van der Waals surface area contributed by atoms with Gasteiger partial charge in [0.1, 0.15) is 0 Å². The molecule has 0 aromatic rings. The third-order valence-electron chi connectivity index (χ3n) is 0.960. The third kappa shape index (κ3) is 9.20. The van der Waals surface area contributed by atoms with E-state index in [0.717, 1.165) is 0 Å². The Hall–Kier alpha value is -0.300. The first kappa shape index (κ1) is 10.6. The Morgan fingerprint density at radius 1 is 1.38 bits per heavy atom. The number of hydrogen-bond donors (Lipinski definition) is 0. The zero-order chi connectivity index (χ0) is 5.54. The van der Waals surface area contributed by atoms with E-state index in [1.165, 1.54) is 19.3 Å². The lowest BCUT2D eigenvalue weighted by atomic mass is 10.2. The lowest BCUT2D eigenvalue weighted by Crippen LogP contribution is -1.63. The first-order valence-electron chi connectivity index (χ1n) is 3.03. The highest BCUT2D eigenvalue weighted by Gasteiger charge is 1.73. The molecule has 50 valence electrons. The fourth-order valence-electron chi connectivity index (χ4n) is 0.489. The Balaban J connectivity index is 0. The van der Waals surface area contributed by atoms with Gasteiger partial charge >= 0.3 is 0 Å². The van der Waals surface area contributed by atoms with Crippen molar-refractivity contribution < 1.29 is 5.48 Å². The highest BCUT2D eigenvalue weighted by Crippen LogP contribution is 1.93. The van der Waals surface area contributed by atoms with Gasteiger partial charge in [-0.2, -0.15) is 0 Å². The van der Waals surface area contributed by atoms with Gasteiger partial charge in [-0.3, -0.25) is 0 Å². The Bertz CT molecular complexity index is 48.3. The molecule has 0 saturated carbocycles. The van der Waals surface area contributed by atoms with E-state index in [9.17, 15) is 0 Å². The normalized spacial score (nSPS) is 9.25. The minimum Gasteiger partial charge on any atom is -0.412 e. The van der Waals surface area contributed by atoms with Crippen LogP contribution in [0.2, 0.25) is 0 Å². The van der Waals surface area contributed by atoms with E-state index in [-0.39, 0.29) is 5.48 Å². The van der Waals surface area contributed by atoms with Crippen LogP contribution in [0.15, 0.2) is 12.2 Å². The number of unbranched alkanes of at least 4 members (excludes halogenated alkanes) is 2. The molecular formula is C7H16O.